The molecule has 0 radical (unpaired) electrons. The molecule has 2 amide bonds. The highest BCUT2D eigenvalue weighted by atomic mass is 16.5. The molecule has 1 saturated heterocycles. The van der Waals surface area contributed by atoms with E-state index >= 15 is 0 Å². The lowest BCUT2D eigenvalue weighted by molar-refractivity contribution is 0.0710. The first-order chi connectivity index (χ1) is 17.4. The number of aromatic nitrogens is 1. The summed E-state index contributed by atoms with van der Waals surface area (Å²) in [6.07, 6.45) is 1.49. The lowest BCUT2D eigenvalue weighted by Gasteiger charge is -2.32. The van der Waals surface area contributed by atoms with Crippen molar-refractivity contribution in [2.24, 2.45) is 0 Å². The highest BCUT2D eigenvalue weighted by Gasteiger charge is 2.28. The van der Waals surface area contributed by atoms with Crippen LogP contribution in [0.15, 0.2) is 54.6 Å². The van der Waals surface area contributed by atoms with Gasteiger partial charge in [-0.3, -0.25) is 14.6 Å². The van der Waals surface area contributed by atoms with Gasteiger partial charge >= 0.3 is 0 Å². The SMILES string of the molecule is COc1ccc(C(=O)N2CCC(c3nc(C)ccc3C(=O)NCc3ccccc3C)CC2)cc1OC. The van der Waals surface area contributed by atoms with Crippen molar-refractivity contribution in [1.29, 1.82) is 0 Å². The van der Waals surface area contributed by atoms with Gasteiger partial charge < -0.3 is 19.7 Å². The predicted molar refractivity (Wildman–Crippen MR) is 139 cm³/mol. The molecule has 1 aliphatic rings. The van der Waals surface area contributed by atoms with Gasteiger partial charge in [-0.1, -0.05) is 24.3 Å². The molecule has 0 unspecified atom stereocenters. The highest BCUT2D eigenvalue weighted by molar-refractivity contribution is 5.96. The summed E-state index contributed by atoms with van der Waals surface area (Å²) in [4.78, 5) is 32.9. The number of methoxy groups -OCH3 is 2. The summed E-state index contributed by atoms with van der Waals surface area (Å²) in [5.74, 6) is 1.07. The molecule has 3 aromatic rings. The zero-order chi connectivity index (χ0) is 25.7. The first kappa shape index (κ1) is 25.2. The van der Waals surface area contributed by atoms with Gasteiger partial charge in [-0.25, -0.2) is 0 Å². The molecule has 188 valence electrons. The van der Waals surface area contributed by atoms with Crippen LogP contribution < -0.4 is 14.8 Å². The molecule has 2 aromatic carbocycles. The lowest BCUT2D eigenvalue weighted by atomic mass is 9.89. The summed E-state index contributed by atoms with van der Waals surface area (Å²) < 4.78 is 10.6. The number of likely N-dealkylation sites (tertiary alicyclic amines) is 1. The molecule has 7 heteroatoms. The van der Waals surface area contributed by atoms with Crippen LogP contribution in [0.2, 0.25) is 0 Å². The molecule has 4 rings (SSSR count). The van der Waals surface area contributed by atoms with Gasteiger partial charge in [0.2, 0.25) is 0 Å². The number of hydrogen-bond acceptors (Lipinski definition) is 5. The van der Waals surface area contributed by atoms with Gasteiger partial charge in [-0.15, -0.1) is 0 Å². The largest absolute Gasteiger partial charge is 0.493 e. The van der Waals surface area contributed by atoms with E-state index < -0.39 is 0 Å². The standard InChI is InChI=1S/C29H33N3O4/c1-19-7-5-6-8-23(19)18-30-28(33)24-11-9-20(2)31-27(24)21-13-15-32(16-14-21)29(34)22-10-12-25(35-3)26(17-22)36-4/h5-12,17,21H,13-16,18H2,1-4H3,(H,30,33). The van der Waals surface area contributed by atoms with Crippen LogP contribution in [0.4, 0.5) is 0 Å². The van der Waals surface area contributed by atoms with Gasteiger partial charge in [0, 0.05) is 36.8 Å². The van der Waals surface area contributed by atoms with Gasteiger partial charge in [0.15, 0.2) is 11.5 Å². The molecule has 2 heterocycles. The average Bonchev–Trinajstić information content (AvgIpc) is 2.91. The summed E-state index contributed by atoms with van der Waals surface area (Å²) in [6, 6.07) is 17.0. The minimum Gasteiger partial charge on any atom is -0.493 e. The van der Waals surface area contributed by atoms with E-state index in [9.17, 15) is 9.59 Å². The monoisotopic (exact) mass is 487 g/mol. The van der Waals surface area contributed by atoms with Gasteiger partial charge in [-0.05, 0) is 68.1 Å². The fourth-order valence-electron chi connectivity index (χ4n) is 4.67. The zero-order valence-electron chi connectivity index (χ0n) is 21.3. The molecule has 1 aliphatic heterocycles. The van der Waals surface area contributed by atoms with Crippen molar-refractivity contribution in [2.45, 2.75) is 39.2 Å². The highest BCUT2D eigenvalue weighted by Crippen LogP contribution is 2.32. The Bertz CT molecular complexity index is 1250. The van der Waals surface area contributed by atoms with Crippen LogP contribution in [0.25, 0.3) is 0 Å². The number of aryl methyl sites for hydroxylation is 2. The second kappa shape index (κ2) is 11.2. The Morgan fingerprint density at radius 3 is 2.39 bits per heavy atom. The minimum absolute atomic E-state index is 0.0391. The lowest BCUT2D eigenvalue weighted by Crippen LogP contribution is -2.38. The van der Waals surface area contributed by atoms with E-state index in [1.165, 1.54) is 0 Å². The minimum atomic E-state index is -0.121. The Hall–Kier alpha value is -3.87. The number of nitrogens with one attached hydrogen (secondary N) is 1. The third-order valence-corrected chi connectivity index (χ3v) is 6.81. The number of carbonyl (C=O) groups is 2. The molecule has 1 N–H and O–H groups in total. The number of benzene rings is 2. The Balaban J connectivity index is 1.44. The van der Waals surface area contributed by atoms with E-state index in [-0.39, 0.29) is 17.7 Å². The van der Waals surface area contributed by atoms with Crippen molar-refractivity contribution < 1.29 is 19.1 Å². The predicted octanol–water partition coefficient (Wildman–Crippen LogP) is 4.67. The number of hydrogen-bond donors (Lipinski definition) is 1. The quantitative estimate of drug-likeness (QED) is 0.524. The number of nitrogens with zero attached hydrogens (tertiary/aromatic N) is 2. The van der Waals surface area contributed by atoms with Crippen molar-refractivity contribution in [3.8, 4) is 11.5 Å². The summed E-state index contributed by atoms with van der Waals surface area (Å²) in [5.41, 5.74) is 5.11. The fraction of sp³-hybridized carbons (Fsp3) is 0.345. The van der Waals surface area contributed by atoms with Crippen LogP contribution in [0.3, 0.4) is 0 Å². The summed E-state index contributed by atoms with van der Waals surface area (Å²) in [6.45, 7) is 5.64. The van der Waals surface area contributed by atoms with E-state index in [0.29, 0.717) is 42.3 Å². The number of piperidine rings is 1. The van der Waals surface area contributed by atoms with Crippen molar-refractivity contribution in [3.63, 3.8) is 0 Å². The molecule has 0 saturated carbocycles. The Labute approximate surface area is 212 Å². The first-order valence-electron chi connectivity index (χ1n) is 12.2. The fourth-order valence-corrected chi connectivity index (χ4v) is 4.67. The van der Waals surface area contributed by atoms with Gasteiger partial charge in [-0.2, -0.15) is 0 Å². The third-order valence-electron chi connectivity index (χ3n) is 6.81. The molecule has 0 aliphatic carbocycles. The van der Waals surface area contributed by atoms with Crippen LogP contribution >= 0.6 is 0 Å². The van der Waals surface area contributed by atoms with Crippen molar-refractivity contribution in [3.05, 3.63) is 88.2 Å². The van der Waals surface area contributed by atoms with Gasteiger partial charge in [0.25, 0.3) is 11.8 Å². The van der Waals surface area contributed by atoms with Crippen LogP contribution in [0.5, 0.6) is 11.5 Å². The van der Waals surface area contributed by atoms with Crippen molar-refractivity contribution in [2.75, 3.05) is 27.3 Å². The van der Waals surface area contributed by atoms with Gasteiger partial charge in [0.1, 0.15) is 0 Å². The average molecular weight is 488 g/mol. The Kier molecular flexibility index (Phi) is 7.88. The molecule has 1 aromatic heterocycles. The third kappa shape index (κ3) is 5.51. The second-order valence-corrected chi connectivity index (χ2v) is 9.13. The summed E-state index contributed by atoms with van der Waals surface area (Å²) in [7, 11) is 3.13. The van der Waals surface area contributed by atoms with E-state index in [4.69, 9.17) is 14.5 Å². The topological polar surface area (TPSA) is 80.8 Å². The summed E-state index contributed by atoms with van der Waals surface area (Å²) in [5, 5.41) is 3.06. The molecule has 0 bridgehead atoms. The maximum absolute atomic E-state index is 13.1. The van der Waals surface area contributed by atoms with Crippen LogP contribution in [0, 0.1) is 13.8 Å². The molecule has 36 heavy (non-hydrogen) atoms. The molecule has 7 nitrogen and oxygen atoms in total. The molecular weight excluding hydrogens is 454 g/mol. The molecule has 0 atom stereocenters. The molecule has 0 spiro atoms. The van der Waals surface area contributed by atoms with Crippen LogP contribution in [0.1, 0.15) is 62.0 Å². The zero-order valence-corrected chi connectivity index (χ0v) is 21.3. The maximum Gasteiger partial charge on any atom is 0.253 e. The Morgan fingerprint density at radius 1 is 0.972 bits per heavy atom. The van der Waals surface area contributed by atoms with Crippen LogP contribution in [-0.4, -0.2) is 49.0 Å². The summed E-state index contributed by atoms with van der Waals surface area (Å²) >= 11 is 0. The van der Waals surface area contributed by atoms with E-state index in [1.807, 2.05) is 55.1 Å². The number of rotatable bonds is 7. The van der Waals surface area contributed by atoms with E-state index in [0.717, 1.165) is 35.4 Å². The smallest absolute Gasteiger partial charge is 0.253 e. The maximum atomic E-state index is 13.1. The molecular formula is C29H33N3O4. The van der Waals surface area contributed by atoms with Gasteiger partial charge in [0.05, 0.1) is 25.5 Å². The number of pyridine rings is 1. The number of carbonyl (C=O) groups excluding carboxylic acids is 2. The van der Waals surface area contributed by atoms with Crippen LogP contribution in [-0.2, 0) is 6.54 Å². The van der Waals surface area contributed by atoms with Crippen molar-refractivity contribution >= 4 is 11.8 Å². The number of amides is 2. The number of ether oxygens (including phenoxy) is 2. The molecule has 1 fully saturated rings. The normalized spacial score (nSPS) is 13.8. The van der Waals surface area contributed by atoms with E-state index in [1.54, 1.807) is 32.4 Å². The second-order valence-electron chi connectivity index (χ2n) is 9.13. The van der Waals surface area contributed by atoms with Crippen molar-refractivity contribution in [1.82, 2.24) is 15.2 Å². The van der Waals surface area contributed by atoms with E-state index in [2.05, 4.69) is 5.32 Å². The Morgan fingerprint density at radius 2 is 1.69 bits per heavy atom. The first-order valence-corrected chi connectivity index (χ1v) is 12.2.